The Hall–Kier alpha value is -2.88. The van der Waals surface area contributed by atoms with Gasteiger partial charge in [0.1, 0.15) is 0 Å². The predicted octanol–water partition coefficient (Wildman–Crippen LogP) is 4.90. The van der Waals surface area contributed by atoms with E-state index >= 15 is 0 Å². The van der Waals surface area contributed by atoms with E-state index in [0.29, 0.717) is 21.8 Å². The summed E-state index contributed by atoms with van der Waals surface area (Å²) in [6.45, 7) is 0.0799. The molecule has 0 aliphatic carbocycles. The van der Waals surface area contributed by atoms with Crippen LogP contribution < -0.4 is 14.6 Å². The minimum Gasteiger partial charge on any atom is -0.377 e. The van der Waals surface area contributed by atoms with Crippen LogP contribution in [0.4, 0.5) is 11.4 Å². The molecule has 7 nitrogen and oxygen atoms in total. The number of hydrogen-bond acceptors (Lipinski definition) is 5. The van der Waals surface area contributed by atoms with Gasteiger partial charge in [-0.25, -0.2) is 13.8 Å². The van der Waals surface area contributed by atoms with E-state index in [1.807, 2.05) is 37.2 Å². The first-order chi connectivity index (χ1) is 16.1. The average molecular weight is 564 g/mol. The van der Waals surface area contributed by atoms with Gasteiger partial charge < -0.3 is 4.90 Å². The molecule has 1 amide bonds. The van der Waals surface area contributed by atoms with Gasteiger partial charge >= 0.3 is 0 Å². The number of anilines is 2. The van der Waals surface area contributed by atoms with Crippen molar-refractivity contribution in [1.82, 2.24) is 5.43 Å². The van der Waals surface area contributed by atoms with E-state index in [2.05, 4.69) is 26.5 Å². The van der Waals surface area contributed by atoms with E-state index in [-0.39, 0.29) is 6.54 Å². The van der Waals surface area contributed by atoms with E-state index in [9.17, 15) is 13.2 Å². The lowest BCUT2D eigenvalue weighted by molar-refractivity contribution is 0.0955. The summed E-state index contributed by atoms with van der Waals surface area (Å²) < 4.78 is 27.0. The summed E-state index contributed by atoms with van der Waals surface area (Å²) in [6, 6.07) is 19.1. The molecule has 1 N–H and O–H groups in total. The summed E-state index contributed by atoms with van der Waals surface area (Å²) in [5.41, 5.74) is 5.77. The highest BCUT2D eigenvalue weighted by Crippen LogP contribution is 2.26. The Kier molecular flexibility index (Phi) is 8.35. The van der Waals surface area contributed by atoms with Crippen LogP contribution in [0.1, 0.15) is 21.5 Å². The maximum Gasteiger partial charge on any atom is 0.271 e. The van der Waals surface area contributed by atoms with Crippen molar-refractivity contribution in [3.63, 3.8) is 0 Å². The standard InChI is InChI=1S/C24H24BrClN4O3S/c1-29(2)23-13-8-17(14-21(23)25)15-27-28-24(31)18-9-11-20(12-10-18)30(34(3,32)33)16-19-6-4-5-7-22(19)26/h4-15H,16H2,1-3H3,(H,28,31)/b27-15+. The Morgan fingerprint density at radius 2 is 1.76 bits per heavy atom. The predicted molar refractivity (Wildman–Crippen MR) is 142 cm³/mol. The van der Waals surface area contributed by atoms with Gasteiger partial charge in [0.25, 0.3) is 5.91 Å². The van der Waals surface area contributed by atoms with Gasteiger partial charge in [0.05, 0.1) is 30.4 Å². The molecule has 3 aromatic carbocycles. The largest absolute Gasteiger partial charge is 0.377 e. The fourth-order valence-corrected chi connectivity index (χ4v) is 4.98. The molecule has 3 aromatic rings. The van der Waals surface area contributed by atoms with Gasteiger partial charge in [0, 0.05) is 29.2 Å². The summed E-state index contributed by atoms with van der Waals surface area (Å²) in [6.07, 6.45) is 2.67. The first-order valence-electron chi connectivity index (χ1n) is 10.2. The van der Waals surface area contributed by atoms with Gasteiger partial charge in [0.15, 0.2) is 0 Å². The first-order valence-corrected chi connectivity index (χ1v) is 13.2. The third kappa shape index (κ3) is 6.59. The molecular formula is C24H24BrClN4O3S. The first kappa shape index (κ1) is 25.7. The number of hydrazone groups is 1. The molecular weight excluding hydrogens is 540 g/mol. The van der Waals surface area contributed by atoms with E-state index in [0.717, 1.165) is 22.0 Å². The van der Waals surface area contributed by atoms with Crippen LogP contribution in [0.25, 0.3) is 0 Å². The highest BCUT2D eigenvalue weighted by molar-refractivity contribution is 9.10. The number of benzene rings is 3. The summed E-state index contributed by atoms with van der Waals surface area (Å²) in [5.74, 6) is -0.413. The number of nitrogens with one attached hydrogen (secondary N) is 1. The van der Waals surface area contributed by atoms with Crippen molar-refractivity contribution in [2.75, 3.05) is 29.6 Å². The van der Waals surface area contributed by atoms with Crippen molar-refractivity contribution < 1.29 is 13.2 Å². The van der Waals surface area contributed by atoms with E-state index in [1.165, 1.54) is 4.31 Å². The Morgan fingerprint density at radius 3 is 2.35 bits per heavy atom. The SMILES string of the molecule is CN(C)c1ccc(/C=N/NC(=O)c2ccc(N(Cc3ccccc3Cl)S(C)(=O)=O)cc2)cc1Br. The number of hydrogen-bond donors (Lipinski definition) is 1. The minimum absolute atomic E-state index is 0.0799. The molecule has 10 heteroatoms. The molecule has 0 atom stereocenters. The number of halogens is 2. The van der Waals surface area contributed by atoms with Crippen molar-refractivity contribution in [2.24, 2.45) is 5.10 Å². The van der Waals surface area contributed by atoms with E-state index < -0.39 is 15.9 Å². The topological polar surface area (TPSA) is 82.1 Å². The molecule has 0 aliphatic rings. The van der Waals surface area contributed by atoms with E-state index in [1.54, 1.807) is 54.7 Å². The molecule has 0 bridgehead atoms. The molecule has 0 saturated carbocycles. The smallest absolute Gasteiger partial charge is 0.271 e. The van der Waals surface area contributed by atoms with Crippen LogP contribution >= 0.6 is 27.5 Å². The second-order valence-corrected chi connectivity index (χ2v) is 10.9. The fourth-order valence-electron chi connectivity index (χ4n) is 3.16. The molecule has 3 rings (SSSR count). The fraction of sp³-hybridized carbons (Fsp3) is 0.167. The maximum absolute atomic E-state index is 12.5. The second kappa shape index (κ2) is 11.0. The number of sulfonamides is 1. The van der Waals surface area contributed by atoms with Gasteiger partial charge in [-0.2, -0.15) is 5.10 Å². The van der Waals surface area contributed by atoms with Gasteiger partial charge in [-0.05, 0) is 69.5 Å². The Balaban J connectivity index is 1.71. The quantitative estimate of drug-likeness (QED) is 0.312. The van der Waals surface area contributed by atoms with Crippen molar-refractivity contribution in [3.8, 4) is 0 Å². The van der Waals surface area contributed by atoms with Gasteiger partial charge in [-0.3, -0.25) is 9.10 Å². The van der Waals surface area contributed by atoms with Gasteiger partial charge in [-0.15, -0.1) is 0 Å². The van der Waals surface area contributed by atoms with E-state index in [4.69, 9.17) is 11.6 Å². The maximum atomic E-state index is 12.5. The van der Waals surface area contributed by atoms with Gasteiger partial charge in [0.2, 0.25) is 10.0 Å². The lowest BCUT2D eigenvalue weighted by Crippen LogP contribution is -2.29. The summed E-state index contributed by atoms with van der Waals surface area (Å²) in [7, 11) is 0.320. The number of carbonyl (C=O) groups excluding carboxylic acids is 1. The van der Waals surface area contributed by atoms with Crippen LogP contribution in [0.2, 0.25) is 5.02 Å². The minimum atomic E-state index is -3.58. The Labute approximate surface area is 213 Å². The summed E-state index contributed by atoms with van der Waals surface area (Å²) in [5, 5.41) is 4.50. The number of rotatable bonds is 8. The summed E-state index contributed by atoms with van der Waals surface area (Å²) >= 11 is 9.72. The molecule has 0 saturated heterocycles. The van der Waals surface area contributed by atoms with Crippen LogP contribution in [0.15, 0.2) is 76.3 Å². The van der Waals surface area contributed by atoms with Crippen LogP contribution in [0.3, 0.4) is 0 Å². The third-order valence-electron chi connectivity index (χ3n) is 4.92. The number of carbonyl (C=O) groups is 1. The molecule has 0 spiro atoms. The monoisotopic (exact) mass is 562 g/mol. The third-order valence-corrected chi connectivity index (χ3v) is 7.07. The zero-order chi connectivity index (χ0) is 24.9. The van der Waals surface area contributed by atoms with Crippen molar-refractivity contribution in [1.29, 1.82) is 0 Å². The molecule has 0 unspecified atom stereocenters. The molecule has 34 heavy (non-hydrogen) atoms. The Bertz CT molecular complexity index is 1310. The molecule has 0 fully saturated rings. The normalized spacial score (nSPS) is 11.4. The molecule has 0 heterocycles. The number of nitrogens with zero attached hydrogens (tertiary/aromatic N) is 3. The van der Waals surface area contributed by atoms with Crippen LogP contribution in [-0.2, 0) is 16.6 Å². The molecule has 0 radical (unpaired) electrons. The Morgan fingerprint density at radius 1 is 1.09 bits per heavy atom. The lowest BCUT2D eigenvalue weighted by atomic mass is 10.2. The molecule has 0 aromatic heterocycles. The van der Waals surface area contributed by atoms with Crippen LogP contribution in [0.5, 0.6) is 0 Å². The number of amides is 1. The highest BCUT2D eigenvalue weighted by Gasteiger charge is 2.19. The van der Waals surface area contributed by atoms with Crippen molar-refractivity contribution in [2.45, 2.75) is 6.54 Å². The summed E-state index contributed by atoms with van der Waals surface area (Å²) in [4.78, 5) is 14.5. The second-order valence-electron chi connectivity index (χ2n) is 7.71. The van der Waals surface area contributed by atoms with Crippen molar-refractivity contribution >= 4 is 61.1 Å². The zero-order valence-corrected chi connectivity index (χ0v) is 22.0. The molecule has 178 valence electrons. The lowest BCUT2D eigenvalue weighted by Gasteiger charge is -2.23. The molecule has 0 aliphatic heterocycles. The highest BCUT2D eigenvalue weighted by atomic mass is 79.9. The zero-order valence-electron chi connectivity index (χ0n) is 18.9. The van der Waals surface area contributed by atoms with Crippen LogP contribution in [0, 0.1) is 0 Å². The van der Waals surface area contributed by atoms with Gasteiger partial charge in [-0.1, -0.05) is 35.9 Å². The van der Waals surface area contributed by atoms with Crippen LogP contribution in [-0.4, -0.2) is 40.9 Å². The van der Waals surface area contributed by atoms with Crippen molar-refractivity contribution in [3.05, 3.63) is 92.9 Å². The average Bonchev–Trinajstić information content (AvgIpc) is 2.77.